The van der Waals surface area contributed by atoms with Gasteiger partial charge in [0.25, 0.3) is 0 Å². The van der Waals surface area contributed by atoms with Gasteiger partial charge < -0.3 is 9.88 Å². The first-order valence-corrected chi connectivity index (χ1v) is 7.25. The van der Waals surface area contributed by atoms with Gasteiger partial charge >= 0.3 is 0 Å². The van der Waals surface area contributed by atoms with Gasteiger partial charge in [0.1, 0.15) is 11.5 Å². The first-order chi connectivity index (χ1) is 9.17. The summed E-state index contributed by atoms with van der Waals surface area (Å²) in [6.45, 7) is 7.90. The molecule has 0 fully saturated rings. The van der Waals surface area contributed by atoms with Gasteiger partial charge in [0.05, 0.1) is 22.7 Å². The van der Waals surface area contributed by atoms with Crippen LogP contribution in [0.15, 0.2) is 17.0 Å². The van der Waals surface area contributed by atoms with Gasteiger partial charge in [-0.05, 0) is 36.2 Å². The Bertz CT molecular complexity index is 564. The molecule has 2 rings (SSSR count). The number of hydrogen-bond donors (Lipinski definition) is 1. The molecule has 0 amide bonds. The summed E-state index contributed by atoms with van der Waals surface area (Å²) in [7, 11) is 0. The maximum atomic E-state index is 4.58. The quantitative estimate of drug-likeness (QED) is 0.917. The zero-order valence-electron chi connectivity index (χ0n) is 11.4. The molecule has 2 aromatic rings. The summed E-state index contributed by atoms with van der Waals surface area (Å²) in [4.78, 5) is 13.3. The lowest BCUT2D eigenvalue weighted by atomic mass is 10.3. The Balaban J connectivity index is 2.47. The standard InChI is InChI=1S/C13H18BrN5/c1-4-6-19-8-15-7-10(19)12-17-9(3)11(14)13(18-12)16-5-2/h7-8H,4-6H2,1-3H3,(H,16,17,18). The molecule has 0 aliphatic carbocycles. The highest BCUT2D eigenvalue weighted by Gasteiger charge is 2.13. The van der Waals surface area contributed by atoms with Crippen molar-refractivity contribution in [1.82, 2.24) is 19.5 Å². The van der Waals surface area contributed by atoms with E-state index in [9.17, 15) is 0 Å². The van der Waals surface area contributed by atoms with Crippen molar-refractivity contribution in [1.29, 1.82) is 0 Å². The van der Waals surface area contributed by atoms with E-state index in [2.05, 4.69) is 47.7 Å². The van der Waals surface area contributed by atoms with Gasteiger partial charge in [0, 0.05) is 13.1 Å². The molecule has 5 nitrogen and oxygen atoms in total. The van der Waals surface area contributed by atoms with E-state index in [0.717, 1.165) is 41.2 Å². The number of aryl methyl sites for hydroxylation is 2. The number of anilines is 1. The summed E-state index contributed by atoms with van der Waals surface area (Å²) >= 11 is 3.52. The summed E-state index contributed by atoms with van der Waals surface area (Å²) in [5.74, 6) is 1.54. The van der Waals surface area contributed by atoms with Crippen LogP contribution in [-0.4, -0.2) is 26.1 Å². The number of aromatic nitrogens is 4. The summed E-state index contributed by atoms with van der Waals surface area (Å²) in [6, 6.07) is 0. The summed E-state index contributed by atoms with van der Waals surface area (Å²) < 4.78 is 3.00. The van der Waals surface area contributed by atoms with Crippen molar-refractivity contribution >= 4 is 21.7 Å². The van der Waals surface area contributed by atoms with Crippen LogP contribution in [0.1, 0.15) is 26.0 Å². The van der Waals surface area contributed by atoms with Crippen LogP contribution >= 0.6 is 15.9 Å². The topological polar surface area (TPSA) is 55.6 Å². The lowest BCUT2D eigenvalue weighted by Crippen LogP contribution is -2.06. The second kappa shape index (κ2) is 6.14. The van der Waals surface area contributed by atoms with Gasteiger partial charge in [0.15, 0.2) is 5.82 Å². The fourth-order valence-corrected chi connectivity index (χ4v) is 2.20. The van der Waals surface area contributed by atoms with Gasteiger partial charge in [-0.3, -0.25) is 0 Å². The maximum Gasteiger partial charge on any atom is 0.180 e. The third-order valence-electron chi connectivity index (χ3n) is 2.77. The Kier molecular flexibility index (Phi) is 4.52. The van der Waals surface area contributed by atoms with E-state index in [4.69, 9.17) is 0 Å². The second-order valence-corrected chi connectivity index (χ2v) is 5.09. The SMILES string of the molecule is CCCn1cncc1-c1nc(C)c(Br)c(NCC)n1. The predicted molar refractivity (Wildman–Crippen MR) is 80.1 cm³/mol. The molecule has 0 atom stereocenters. The normalized spacial score (nSPS) is 10.7. The monoisotopic (exact) mass is 323 g/mol. The van der Waals surface area contributed by atoms with Gasteiger partial charge in [-0.25, -0.2) is 15.0 Å². The molecule has 0 bridgehead atoms. The van der Waals surface area contributed by atoms with E-state index in [0.29, 0.717) is 5.82 Å². The average molecular weight is 324 g/mol. The molecule has 0 radical (unpaired) electrons. The van der Waals surface area contributed by atoms with Gasteiger partial charge in [-0.2, -0.15) is 0 Å². The lowest BCUT2D eigenvalue weighted by Gasteiger charge is -2.11. The fourth-order valence-electron chi connectivity index (χ4n) is 1.88. The third kappa shape index (κ3) is 2.94. The van der Waals surface area contributed by atoms with E-state index in [1.807, 2.05) is 26.4 Å². The van der Waals surface area contributed by atoms with E-state index < -0.39 is 0 Å². The highest BCUT2D eigenvalue weighted by atomic mass is 79.9. The molecular formula is C13H18BrN5. The summed E-state index contributed by atoms with van der Waals surface area (Å²) in [6.07, 6.45) is 4.69. The molecule has 1 N–H and O–H groups in total. The molecular weight excluding hydrogens is 306 g/mol. The van der Waals surface area contributed by atoms with Crippen LogP contribution in [0.3, 0.4) is 0 Å². The van der Waals surface area contributed by atoms with Crippen molar-refractivity contribution in [3.63, 3.8) is 0 Å². The Hall–Kier alpha value is -1.43. The number of rotatable bonds is 5. The van der Waals surface area contributed by atoms with E-state index in [1.54, 1.807) is 0 Å². The molecule has 0 aliphatic rings. The van der Waals surface area contributed by atoms with Crippen molar-refractivity contribution in [2.24, 2.45) is 0 Å². The fraction of sp³-hybridized carbons (Fsp3) is 0.462. The minimum Gasteiger partial charge on any atom is -0.369 e. The molecule has 6 heteroatoms. The summed E-state index contributed by atoms with van der Waals surface area (Å²) in [5, 5.41) is 3.24. The van der Waals surface area contributed by atoms with Gasteiger partial charge in [-0.1, -0.05) is 6.92 Å². The van der Waals surface area contributed by atoms with Crippen molar-refractivity contribution in [3.8, 4) is 11.5 Å². The molecule has 0 unspecified atom stereocenters. The summed E-state index contributed by atoms with van der Waals surface area (Å²) in [5.41, 5.74) is 1.88. The average Bonchev–Trinajstić information content (AvgIpc) is 2.84. The predicted octanol–water partition coefficient (Wildman–Crippen LogP) is 3.25. The smallest absolute Gasteiger partial charge is 0.180 e. The lowest BCUT2D eigenvalue weighted by molar-refractivity contribution is 0.681. The van der Waals surface area contributed by atoms with Crippen LogP contribution in [0.2, 0.25) is 0 Å². The van der Waals surface area contributed by atoms with Gasteiger partial charge in [-0.15, -0.1) is 0 Å². The zero-order chi connectivity index (χ0) is 13.8. The third-order valence-corrected chi connectivity index (χ3v) is 3.72. The Morgan fingerprint density at radius 2 is 2.11 bits per heavy atom. The van der Waals surface area contributed by atoms with Crippen molar-refractivity contribution < 1.29 is 0 Å². The minimum absolute atomic E-state index is 0.711. The molecule has 0 spiro atoms. The number of hydrogen-bond acceptors (Lipinski definition) is 4. The molecule has 2 aromatic heterocycles. The van der Waals surface area contributed by atoms with E-state index in [-0.39, 0.29) is 0 Å². The number of nitrogens with one attached hydrogen (secondary N) is 1. The molecule has 0 aliphatic heterocycles. The van der Waals surface area contributed by atoms with Crippen molar-refractivity contribution in [3.05, 3.63) is 22.7 Å². The van der Waals surface area contributed by atoms with Crippen LogP contribution in [0, 0.1) is 6.92 Å². The molecule has 102 valence electrons. The zero-order valence-corrected chi connectivity index (χ0v) is 13.0. The first kappa shape index (κ1) is 14.0. The van der Waals surface area contributed by atoms with E-state index >= 15 is 0 Å². The molecule has 0 saturated heterocycles. The molecule has 0 aromatic carbocycles. The van der Waals surface area contributed by atoms with E-state index in [1.165, 1.54) is 0 Å². The Morgan fingerprint density at radius 3 is 2.79 bits per heavy atom. The number of halogens is 1. The number of imidazole rings is 1. The highest BCUT2D eigenvalue weighted by Crippen LogP contribution is 2.26. The molecule has 0 saturated carbocycles. The Labute approximate surface area is 121 Å². The molecule has 19 heavy (non-hydrogen) atoms. The van der Waals surface area contributed by atoms with Crippen LogP contribution in [0.4, 0.5) is 5.82 Å². The maximum absolute atomic E-state index is 4.58. The van der Waals surface area contributed by atoms with Crippen LogP contribution in [0.25, 0.3) is 11.5 Å². The minimum atomic E-state index is 0.711. The first-order valence-electron chi connectivity index (χ1n) is 6.45. The second-order valence-electron chi connectivity index (χ2n) is 4.30. The number of nitrogens with zero attached hydrogens (tertiary/aromatic N) is 4. The van der Waals surface area contributed by atoms with Crippen LogP contribution in [0.5, 0.6) is 0 Å². The highest BCUT2D eigenvalue weighted by molar-refractivity contribution is 9.10. The van der Waals surface area contributed by atoms with Crippen LogP contribution in [-0.2, 0) is 6.54 Å². The molecule has 2 heterocycles. The van der Waals surface area contributed by atoms with Crippen molar-refractivity contribution in [2.45, 2.75) is 33.7 Å². The Morgan fingerprint density at radius 1 is 1.32 bits per heavy atom. The van der Waals surface area contributed by atoms with Crippen LogP contribution < -0.4 is 5.32 Å². The van der Waals surface area contributed by atoms with Gasteiger partial charge in [0.2, 0.25) is 0 Å². The largest absolute Gasteiger partial charge is 0.369 e. The van der Waals surface area contributed by atoms with Crippen molar-refractivity contribution in [2.75, 3.05) is 11.9 Å².